The van der Waals surface area contributed by atoms with E-state index in [1.54, 1.807) is 0 Å². The molecule has 0 saturated heterocycles. The van der Waals surface area contributed by atoms with Crippen LogP contribution < -0.4 is 4.90 Å². The van der Waals surface area contributed by atoms with Crippen LogP contribution in [-0.4, -0.2) is 0 Å². The zero-order valence-corrected chi connectivity index (χ0v) is 20.8. The van der Waals surface area contributed by atoms with Gasteiger partial charge in [-0.2, -0.15) is 5.26 Å². The van der Waals surface area contributed by atoms with E-state index in [0.29, 0.717) is 5.56 Å². The molecule has 0 amide bonds. The van der Waals surface area contributed by atoms with Crippen molar-refractivity contribution >= 4 is 71.7 Å². The van der Waals surface area contributed by atoms with Crippen LogP contribution in [0.3, 0.4) is 0 Å². The fourth-order valence-electron chi connectivity index (χ4n) is 5.69. The van der Waals surface area contributed by atoms with Crippen molar-refractivity contribution in [1.29, 1.82) is 5.26 Å². The third kappa shape index (κ3) is 3.24. The van der Waals surface area contributed by atoms with Gasteiger partial charge in [0.15, 0.2) is 5.58 Å². The van der Waals surface area contributed by atoms with Gasteiger partial charge >= 0.3 is 0 Å². The van der Waals surface area contributed by atoms with E-state index in [9.17, 15) is 5.26 Å². The second-order valence-corrected chi connectivity index (χ2v) is 9.69. The first-order valence-corrected chi connectivity index (χ1v) is 12.8. The molecule has 0 aliphatic carbocycles. The molecular formula is C35H20N2O2. The van der Waals surface area contributed by atoms with Gasteiger partial charge in [0, 0.05) is 32.9 Å². The molecule has 0 bridgehead atoms. The average Bonchev–Trinajstić information content (AvgIpc) is 3.56. The smallest absolute Gasteiger partial charge is 0.159 e. The molecule has 6 aromatic carbocycles. The van der Waals surface area contributed by atoms with E-state index in [1.807, 2.05) is 54.6 Å². The summed E-state index contributed by atoms with van der Waals surface area (Å²) in [7, 11) is 0. The Labute approximate surface area is 223 Å². The molecule has 0 fully saturated rings. The SMILES string of the molecule is N#Cc1ccc(N(c2ccc3oc4ccc5ccccc5c4c3c2)c2cccc3c2oc2ccccc23)cc1. The van der Waals surface area contributed by atoms with Crippen molar-refractivity contribution in [3.63, 3.8) is 0 Å². The molecule has 0 N–H and O–H groups in total. The maximum absolute atomic E-state index is 9.42. The van der Waals surface area contributed by atoms with Crippen LogP contribution in [0, 0.1) is 11.3 Å². The molecule has 4 nitrogen and oxygen atoms in total. The number of benzene rings is 6. The summed E-state index contributed by atoms with van der Waals surface area (Å²) in [6, 6.07) is 43.1. The predicted molar refractivity (Wildman–Crippen MR) is 158 cm³/mol. The van der Waals surface area contributed by atoms with Crippen LogP contribution in [0.5, 0.6) is 0 Å². The normalized spacial score (nSPS) is 11.6. The lowest BCUT2D eigenvalue weighted by atomic mass is 10.0. The Hall–Kier alpha value is -5.53. The molecule has 0 aliphatic rings. The summed E-state index contributed by atoms with van der Waals surface area (Å²) in [5, 5.41) is 16.0. The van der Waals surface area contributed by atoms with Crippen LogP contribution in [-0.2, 0) is 0 Å². The Morgan fingerprint density at radius 3 is 2.13 bits per heavy atom. The van der Waals surface area contributed by atoms with Gasteiger partial charge in [-0.3, -0.25) is 0 Å². The van der Waals surface area contributed by atoms with Crippen molar-refractivity contribution in [3.05, 3.63) is 127 Å². The van der Waals surface area contributed by atoms with Crippen LogP contribution in [0.25, 0.3) is 54.6 Å². The highest BCUT2D eigenvalue weighted by molar-refractivity contribution is 6.19. The number of fused-ring (bicyclic) bond motifs is 8. The van der Waals surface area contributed by atoms with Crippen LogP contribution >= 0.6 is 0 Å². The van der Waals surface area contributed by atoms with Gasteiger partial charge < -0.3 is 13.7 Å². The van der Waals surface area contributed by atoms with E-state index in [0.717, 1.165) is 66.3 Å². The molecular weight excluding hydrogens is 480 g/mol. The maximum atomic E-state index is 9.42. The molecule has 182 valence electrons. The number of furan rings is 2. The number of nitrogens with zero attached hydrogens (tertiary/aromatic N) is 2. The first kappa shape index (κ1) is 21.5. The highest BCUT2D eigenvalue weighted by atomic mass is 16.3. The van der Waals surface area contributed by atoms with Gasteiger partial charge in [0.1, 0.15) is 16.7 Å². The summed E-state index contributed by atoms with van der Waals surface area (Å²) in [6.45, 7) is 0. The Bertz CT molecular complexity index is 2250. The summed E-state index contributed by atoms with van der Waals surface area (Å²) >= 11 is 0. The summed E-state index contributed by atoms with van der Waals surface area (Å²) in [4.78, 5) is 2.19. The number of anilines is 3. The van der Waals surface area contributed by atoms with E-state index in [4.69, 9.17) is 8.83 Å². The quantitative estimate of drug-likeness (QED) is 0.242. The maximum Gasteiger partial charge on any atom is 0.159 e. The second kappa shape index (κ2) is 8.24. The van der Waals surface area contributed by atoms with Gasteiger partial charge in [-0.05, 0) is 71.4 Å². The van der Waals surface area contributed by atoms with Crippen LogP contribution in [0.4, 0.5) is 17.1 Å². The number of hydrogen-bond acceptors (Lipinski definition) is 4. The van der Waals surface area contributed by atoms with E-state index in [1.165, 1.54) is 5.39 Å². The molecule has 8 rings (SSSR count). The van der Waals surface area contributed by atoms with E-state index in [2.05, 4.69) is 77.7 Å². The topological polar surface area (TPSA) is 53.3 Å². The van der Waals surface area contributed by atoms with Gasteiger partial charge in [-0.15, -0.1) is 0 Å². The second-order valence-electron chi connectivity index (χ2n) is 9.69. The van der Waals surface area contributed by atoms with Gasteiger partial charge in [0.25, 0.3) is 0 Å². The van der Waals surface area contributed by atoms with Gasteiger partial charge in [-0.25, -0.2) is 0 Å². The fourth-order valence-corrected chi connectivity index (χ4v) is 5.69. The average molecular weight is 501 g/mol. The lowest BCUT2D eigenvalue weighted by Crippen LogP contribution is -2.10. The highest BCUT2D eigenvalue weighted by Gasteiger charge is 2.21. The first-order valence-electron chi connectivity index (χ1n) is 12.8. The van der Waals surface area contributed by atoms with Crippen molar-refractivity contribution in [1.82, 2.24) is 0 Å². The summed E-state index contributed by atoms with van der Waals surface area (Å²) in [6.07, 6.45) is 0. The molecule has 0 radical (unpaired) electrons. The molecule has 0 unspecified atom stereocenters. The molecule has 0 spiro atoms. The van der Waals surface area contributed by atoms with Gasteiger partial charge in [-0.1, -0.05) is 60.7 Å². The van der Waals surface area contributed by atoms with E-state index >= 15 is 0 Å². The third-order valence-corrected chi connectivity index (χ3v) is 7.48. The molecule has 2 aromatic heterocycles. The third-order valence-electron chi connectivity index (χ3n) is 7.48. The number of hydrogen-bond donors (Lipinski definition) is 0. The van der Waals surface area contributed by atoms with Crippen molar-refractivity contribution in [3.8, 4) is 6.07 Å². The standard InChI is InChI=1S/C35H20N2O2/c36-21-22-12-15-24(16-13-22)37(30-10-5-9-28-27-8-3-4-11-31(27)39-35(28)30)25-17-19-32-29(20-25)34-26-7-2-1-6-23(26)14-18-33(34)38-32/h1-20H. The number of para-hydroxylation sites is 2. The lowest BCUT2D eigenvalue weighted by Gasteiger charge is -2.25. The highest BCUT2D eigenvalue weighted by Crippen LogP contribution is 2.44. The Morgan fingerprint density at radius 2 is 1.26 bits per heavy atom. The first-order chi connectivity index (χ1) is 19.3. The molecule has 4 heteroatoms. The molecule has 8 aromatic rings. The van der Waals surface area contributed by atoms with Crippen LogP contribution in [0.1, 0.15) is 5.56 Å². The Kier molecular flexibility index (Phi) is 4.55. The summed E-state index contributed by atoms with van der Waals surface area (Å²) < 4.78 is 12.7. The molecule has 0 aliphatic heterocycles. The summed E-state index contributed by atoms with van der Waals surface area (Å²) in [5.74, 6) is 0. The van der Waals surface area contributed by atoms with Crippen molar-refractivity contribution in [2.24, 2.45) is 0 Å². The van der Waals surface area contributed by atoms with Crippen LogP contribution in [0.2, 0.25) is 0 Å². The van der Waals surface area contributed by atoms with E-state index in [-0.39, 0.29) is 0 Å². The molecule has 39 heavy (non-hydrogen) atoms. The predicted octanol–water partition coefficient (Wildman–Crippen LogP) is 9.98. The minimum absolute atomic E-state index is 0.614. The lowest BCUT2D eigenvalue weighted by molar-refractivity contribution is 0.669. The monoisotopic (exact) mass is 500 g/mol. The molecule has 2 heterocycles. The Morgan fingerprint density at radius 1 is 0.538 bits per heavy atom. The number of nitriles is 1. The van der Waals surface area contributed by atoms with E-state index < -0.39 is 0 Å². The number of rotatable bonds is 3. The minimum atomic E-state index is 0.614. The Balaban J connectivity index is 1.43. The molecule has 0 atom stereocenters. The fraction of sp³-hybridized carbons (Fsp3) is 0. The summed E-state index contributed by atoms with van der Waals surface area (Å²) in [5.41, 5.74) is 6.80. The molecule has 0 saturated carbocycles. The largest absolute Gasteiger partial charge is 0.456 e. The zero-order chi connectivity index (χ0) is 25.9. The van der Waals surface area contributed by atoms with Gasteiger partial charge in [0.2, 0.25) is 0 Å². The van der Waals surface area contributed by atoms with Crippen molar-refractivity contribution in [2.45, 2.75) is 0 Å². The van der Waals surface area contributed by atoms with Crippen molar-refractivity contribution in [2.75, 3.05) is 4.90 Å². The minimum Gasteiger partial charge on any atom is -0.456 e. The van der Waals surface area contributed by atoms with Crippen molar-refractivity contribution < 1.29 is 8.83 Å². The van der Waals surface area contributed by atoms with Gasteiger partial charge in [0.05, 0.1) is 17.3 Å². The zero-order valence-electron chi connectivity index (χ0n) is 20.8. The van der Waals surface area contributed by atoms with Crippen LogP contribution in [0.15, 0.2) is 130 Å².